The van der Waals surface area contributed by atoms with Gasteiger partial charge in [0.05, 0.1) is 5.25 Å². The lowest BCUT2D eigenvalue weighted by Gasteiger charge is -2.30. The molecule has 150 valence electrons. The Bertz CT molecular complexity index is 1040. The molecule has 2 aromatic carbocycles. The first kappa shape index (κ1) is 20.0. The van der Waals surface area contributed by atoms with Crippen molar-refractivity contribution in [3.63, 3.8) is 0 Å². The van der Waals surface area contributed by atoms with Crippen LogP contribution >= 0.6 is 23.4 Å². The lowest BCUT2D eigenvalue weighted by Crippen LogP contribution is -2.40. The SMILES string of the molecule is CCn1c(SC(C)C(=O)N2CCc3ccccc3C2)nnc1-c1cccc(Cl)c1. The highest BCUT2D eigenvalue weighted by atomic mass is 35.5. The largest absolute Gasteiger partial charge is 0.337 e. The second kappa shape index (κ2) is 8.59. The topological polar surface area (TPSA) is 51.0 Å². The number of thioether (sulfide) groups is 1. The fourth-order valence-corrected chi connectivity index (χ4v) is 4.84. The molecular formula is C22H23ClN4OS. The van der Waals surface area contributed by atoms with Crippen LogP contribution in [0.25, 0.3) is 11.4 Å². The highest BCUT2D eigenvalue weighted by Gasteiger charge is 2.27. The molecule has 1 amide bonds. The molecule has 0 bridgehead atoms. The second-order valence-corrected chi connectivity index (χ2v) is 8.84. The van der Waals surface area contributed by atoms with E-state index in [9.17, 15) is 4.79 Å². The average molecular weight is 427 g/mol. The number of carbonyl (C=O) groups is 1. The van der Waals surface area contributed by atoms with Gasteiger partial charge in [0.25, 0.3) is 0 Å². The van der Waals surface area contributed by atoms with Crippen molar-refractivity contribution >= 4 is 29.3 Å². The van der Waals surface area contributed by atoms with Gasteiger partial charge in [0, 0.05) is 30.2 Å². The molecule has 0 saturated heterocycles. The van der Waals surface area contributed by atoms with Gasteiger partial charge in [0.1, 0.15) is 0 Å². The number of fused-ring (bicyclic) bond motifs is 1. The lowest BCUT2D eigenvalue weighted by molar-refractivity contribution is -0.131. The lowest BCUT2D eigenvalue weighted by atomic mass is 10.00. The summed E-state index contributed by atoms with van der Waals surface area (Å²) in [6.07, 6.45) is 0.906. The summed E-state index contributed by atoms with van der Waals surface area (Å²) in [7, 11) is 0. The summed E-state index contributed by atoms with van der Waals surface area (Å²) in [4.78, 5) is 15.0. The minimum absolute atomic E-state index is 0.138. The zero-order chi connectivity index (χ0) is 20.4. The van der Waals surface area contributed by atoms with Gasteiger partial charge in [-0.05, 0) is 43.5 Å². The van der Waals surface area contributed by atoms with Gasteiger partial charge in [-0.3, -0.25) is 4.79 Å². The molecule has 0 spiro atoms. The average Bonchev–Trinajstić information content (AvgIpc) is 3.15. The molecule has 29 heavy (non-hydrogen) atoms. The number of benzene rings is 2. The standard InChI is InChI=1S/C22H23ClN4OS/c1-3-27-20(17-9-6-10-19(23)13-17)24-25-22(27)29-15(2)21(28)26-12-11-16-7-4-5-8-18(16)14-26/h4-10,13,15H,3,11-12,14H2,1-2H3. The predicted molar refractivity (Wildman–Crippen MR) is 117 cm³/mol. The van der Waals surface area contributed by atoms with Gasteiger partial charge in [-0.2, -0.15) is 0 Å². The molecule has 0 radical (unpaired) electrons. The van der Waals surface area contributed by atoms with E-state index in [4.69, 9.17) is 11.6 Å². The summed E-state index contributed by atoms with van der Waals surface area (Å²) in [5, 5.41) is 9.90. The van der Waals surface area contributed by atoms with E-state index in [0.717, 1.165) is 36.1 Å². The first-order chi connectivity index (χ1) is 14.1. The van der Waals surface area contributed by atoms with Crippen molar-refractivity contribution in [2.45, 2.75) is 43.8 Å². The smallest absolute Gasteiger partial charge is 0.236 e. The molecule has 1 aliphatic rings. The fourth-order valence-electron chi connectivity index (χ4n) is 3.65. The molecule has 0 N–H and O–H groups in total. The van der Waals surface area contributed by atoms with E-state index in [-0.39, 0.29) is 11.2 Å². The van der Waals surface area contributed by atoms with Gasteiger partial charge >= 0.3 is 0 Å². The first-order valence-electron chi connectivity index (χ1n) is 9.78. The number of carbonyl (C=O) groups excluding carboxylic acids is 1. The molecule has 3 aromatic rings. The first-order valence-corrected chi connectivity index (χ1v) is 11.0. The van der Waals surface area contributed by atoms with E-state index in [1.54, 1.807) is 0 Å². The highest BCUT2D eigenvalue weighted by molar-refractivity contribution is 8.00. The maximum atomic E-state index is 13.1. The molecule has 1 aromatic heterocycles. The van der Waals surface area contributed by atoms with Gasteiger partial charge in [-0.1, -0.05) is 59.8 Å². The zero-order valence-electron chi connectivity index (χ0n) is 16.5. The Balaban J connectivity index is 1.50. The van der Waals surface area contributed by atoms with Crippen molar-refractivity contribution < 1.29 is 4.79 Å². The number of halogens is 1. The zero-order valence-corrected chi connectivity index (χ0v) is 18.1. The van der Waals surface area contributed by atoms with Gasteiger partial charge < -0.3 is 9.47 Å². The van der Waals surface area contributed by atoms with Crippen LogP contribution in [-0.4, -0.2) is 37.4 Å². The summed E-state index contributed by atoms with van der Waals surface area (Å²) in [6, 6.07) is 15.9. The minimum atomic E-state index is -0.234. The number of amides is 1. The quantitative estimate of drug-likeness (QED) is 0.555. The van der Waals surface area contributed by atoms with Crippen LogP contribution < -0.4 is 0 Å². The number of rotatable bonds is 5. The Labute approximate surface area is 180 Å². The number of aromatic nitrogens is 3. The molecule has 0 saturated carbocycles. The van der Waals surface area contributed by atoms with Crippen LogP contribution in [0.4, 0.5) is 0 Å². The Hall–Kier alpha value is -2.31. The van der Waals surface area contributed by atoms with Crippen molar-refractivity contribution in [1.82, 2.24) is 19.7 Å². The van der Waals surface area contributed by atoms with E-state index >= 15 is 0 Å². The van der Waals surface area contributed by atoms with Crippen LogP contribution in [0.3, 0.4) is 0 Å². The van der Waals surface area contributed by atoms with Crippen LogP contribution in [-0.2, 0) is 24.3 Å². The molecule has 5 nitrogen and oxygen atoms in total. The molecule has 1 aliphatic heterocycles. The minimum Gasteiger partial charge on any atom is -0.337 e. The van der Waals surface area contributed by atoms with E-state index < -0.39 is 0 Å². The van der Waals surface area contributed by atoms with Crippen molar-refractivity contribution in [3.05, 3.63) is 64.7 Å². The molecule has 0 aliphatic carbocycles. The molecule has 1 unspecified atom stereocenters. The third-order valence-corrected chi connectivity index (χ3v) is 6.49. The van der Waals surface area contributed by atoms with E-state index in [1.165, 1.54) is 22.9 Å². The monoisotopic (exact) mass is 426 g/mol. The summed E-state index contributed by atoms with van der Waals surface area (Å²) < 4.78 is 2.03. The molecule has 2 heterocycles. The Kier molecular flexibility index (Phi) is 5.92. The summed E-state index contributed by atoms with van der Waals surface area (Å²) >= 11 is 7.59. The van der Waals surface area contributed by atoms with E-state index in [1.807, 2.05) is 46.7 Å². The van der Waals surface area contributed by atoms with Gasteiger partial charge in [-0.15, -0.1) is 10.2 Å². The van der Waals surface area contributed by atoms with Crippen LogP contribution in [0.1, 0.15) is 25.0 Å². The van der Waals surface area contributed by atoms with Crippen molar-refractivity contribution in [2.24, 2.45) is 0 Å². The maximum absolute atomic E-state index is 13.1. The summed E-state index contributed by atoms with van der Waals surface area (Å²) in [5.41, 5.74) is 3.50. The Morgan fingerprint density at radius 1 is 1.17 bits per heavy atom. The molecule has 7 heteroatoms. The van der Waals surface area contributed by atoms with Crippen LogP contribution in [0, 0.1) is 0 Å². The number of nitrogens with zero attached hydrogens (tertiary/aromatic N) is 4. The normalized spacial score (nSPS) is 14.5. The van der Waals surface area contributed by atoms with Crippen molar-refractivity contribution in [2.75, 3.05) is 6.54 Å². The predicted octanol–water partition coefficient (Wildman–Crippen LogP) is 4.68. The molecule has 0 fully saturated rings. The van der Waals surface area contributed by atoms with E-state index in [0.29, 0.717) is 11.6 Å². The third-order valence-electron chi connectivity index (χ3n) is 5.19. The van der Waals surface area contributed by atoms with Crippen LogP contribution in [0.5, 0.6) is 0 Å². The number of hydrogen-bond donors (Lipinski definition) is 0. The fraction of sp³-hybridized carbons (Fsp3) is 0.318. The van der Waals surface area contributed by atoms with E-state index in [2.05, 4.69) is 35.3 Å². The highest BCUT2D eigenvalue weighted by Crippen LogP contribution is 2.29. The number of hydrogen-bond acceptors (Lipinski definition) is 4. The second-order valence-electron chi connectivity index (χ2n) is 7.10. The van der Waals surface area contributed by atoms with Gasteiger partial charge in [0.15, 0.2) is 11.0 Å². The maximum Gasteiger partial charge on any atom is 0.236 e. The van der Waals surface area contributed by atoms with Gasteiger partial charge in [0.2, 0.25) is 5.91 Å². The summed E-state index contributed by atoms with van der Waals surface area (Å²) in [5.74, 6) is 0.906. The molecule has 1 atom stereocenters. The third kappa shape index (κ3) is 4.19. The van der Waals surface area contributed by atoms with Crippen molar-refractivity contribution in [1.29, 1.82) is 0 Å². The van der Waals surface area contributed by atoms with Gasteiger partial charge in [-0.25, -0.2) is 0 Å². The van der Waals surface area contributed by atoms with Crippen LogP contribution in [0.15, 0.2) is 53.7 Å². The Morgan fingerprint density at radius 3 is 2.72 bits per heavy atom. The van der Waals surface area contributed by atoms with Crippen molar-refractivity contribution in [3.8, 4) is 11.4 Å². The van der Waals surface area contributed by atoms with Crippen LogP contribution in [0.2, 0.25) is 5.02 Å². The molecular weight excluding hydrogens is 404 g/mol. The summed E-state index contributed by atoms with van der Waals surface area (Å²) in [6.45, 7) is 6.15. The Morgan fingerprint density at radius 2 is 1.97 bits per heavy atom. The molecule has 4 rings (SSSR count).